The molecule has 1 N–H and O–H groups in total. The minimum absolute atomic E-state index is 0.239. The van der Waals surface area contributed by atoms with E-state index in [-0.39, 0.29) is 5.84 Å². The van der Waals surface area contributed by atoms with Crippen molar-refractivity contribution in [3.63, 3.8) is 0 Å². The average molecular weight is 446 g/mol. The molecule has 0 saturated heterocycles. The molecule has 3 aromatic carbocycles. The smallest absolute Gasteiger partial charge is 0.461 e. The SMILES string of the molecule is Cc1cccc(C)c1N/C(=N/P(=O)(Oc1ccccc1)Oc1ccccc1)c1ccco1. The molecule has 1 aromatic heterocycles. The van der Waals surface area contributed by atoms with Crippen molar-refractivity contribution >= 4 is 19.3 Å². The summed E-state index contributed by atoms with van der Waals surface area (Å²) >= 11 is 0. The van der Waals surface area contributed by atoms with Crippen molar-refractivity contribution in [2.75, 3.05) is 5.32 Å². The zero-order chi connectivity index (χ0) is 22.4. The van der Waals surface area contributed by atoms with Gasteiger partial charge in [0.05, 0.1) is 6.26 Å². The lowest BCUT2D eigenvalue weighted by molar-refractivity contribution is 0.387. The predicted molar refractivity (Wildman–Crippen MR) is 127 cm³/mol. The number of furan rings is 1. The van der Waals surface area contributed by atoms with Gasteiger partial charge in [-0.25, -0.2) is 4.57 Å². The lowest BCUT2D eigenvalue weighted by Gasteiger charge is -2.18. The first-order valence-corrected chi connectivity index (χ1v) is 11.6. The van der Waals surface area contributed by atoms with E-state index >= 15 is 0 Å². The monoisotopic (exact) mass is 446 g/mol. The van der Waals surface area contributed by atoms with Crippen molar-refractivity contribution in [1.29, 1.82) is 0 Å². The van der Waals surface area contributed by atoms with Crippen LogP contribution in [0.5, 0.6) is 11.5 Å². The Morgan fingerprint density at radius 3 is 1.84 bits per heavy atom. The Balaban J connectivity index is 1.78. The van der Waals surface area contributed by atoms with E-state index in [2.05, 4.69) is 10.1 Å². The number of nitrogens with zero attached hydrogens (tertiary/aromatic N) is 1. The normalized spacial score (nSPS) is 11.8. The first-order chi connectivity index (χ1) is 15.5. The van der Waals surface area contributed by atoms with Crippen LogP contribution in [0.1, 0.15) is 16.9 Å². The summed E-state index contributed by atoms with van der Waals surface area (Å²) in [6, 6.07) is 27.0. The van der Waals surface area contributed by atoms with Crippen LogP contribution in [-0.2, 0) is 4.57 Å². The second-order valence-corrected chi connectivity index (χ2v) is 8.60. The number of hydrogen-bond acceptors (Lipinski definition) is 4. The van der Waals surface area contributed by atoms with Crippen LogP contribution in [0.4, 0.5) is 5.69 Å². The summed E-state index contributed by atoms with van der Waals surface area (Å²) < 4.78 is 35.5. The Bertz CT molecular complexity index is 1170. The lowest BCUT2D eigenvalue weighted by Crippen LogP contribution is -2.16. The van der Waals surface area contributed by atoms with E-state index in [1.807, 2.05) is 44.2 Å². The van der Waals surface area contributed by atoms with Crippen molar-refractivity contribution < 1.29 is 18.0 Å². The van der Waals surface area contributed by atoms with E-state index in [4.69, 9.17) is 13.5 Å². The van der Waals surface area contributed by atoms with Gasteiger partial charge in [0.25, 0.3) is 0 Å². The van der Waals surface area contributed by atoms with E-state index in [1.54, 1.807) is 60.7 Å². The van der Waals surface area contributed by atoms with E-state index in [0.29, 0.717) is 17.3 Å². The van der Waals surface area contributed by atoms with Crippen LogP contribution in [0.25, 0.3) is 0 Å². The number of benzene rings is 3. The summed E-state index contributed by atoms with van der Waals surface area (Å²) in [7, 11) is -4.06. The highest BCUT2D eigenvalue weighted by atomic mass is 31.2. The topological polar surface area (TPSA) is 73.1 Å². The summed E-state index contributed by atoms with van der Waals surface area (Å²) in [6.07, 6.45) is 1.53. The fraction of sp³-hybridized carbons (Fsp3) is 0.0800. The van der Waals surface area contributed by atoms with Crippen LogP contribution in [0.15, 0.2) is 106 Å². The number of nitrogens with one attached hydrogen (secondary N) is 1. The van der Waals surface area contributed by atoms with Crippen LogP contribution in [0, 0.1) is 13.8 Å². The Labute approximate surface area is 187 Å². The second-order valence-electron chi connectivity index (χ2n) is 7.09. The molecule has 32 heavy (non-hydrogen) atoms. The molecule has 0 amide bonds. The molecule has 0 aliphatic carbocycles. The molecule has 0 aliphatic rings. The fourth-order valence-electron chi connectivity index (χ4n) is 3.09. The largest absolute Gasteiger partial charge is 0.565 e. The number of aryl methyl sites for hydroxylation is 2. The first-order valence-electron chi connectivity index (χ1n) is 10.1. The molecule has 0 bridgehead atoms. The molecule has 0 unspecified atom stereocenters. The zero-order valence-corrected chi connectivity index (χ0v) is 18.7. The molecule has 7 heteroatoms. The molecule has 1 heterocycles. The van der Waals surface area contributed by atoms with Gasteiger partial charge in [-0.15, -0.1) is 4.76 Å². The number of anilines is 1. The van der Waals surface area contributed by atoms with Gasteiger partial charge < -0.3 is 18.8 Å². The first kappa shape index (κ1) is 21.5. The summed E-state index contributed by atoms with van der Waals surface area (Å²) in [5.41, 5.74) is 2.85. The van der Waals surface area contributed by atoms with E-state index in [1.165, 1.54) is 6.26 Å². The van der Waals surface area contributed by atoms with Crippen molar-refractivity contribution in [3.8, 4) is 11.5 Å². The molecule has 0 atom stereocenters. The fourth-order valence-corrected chi connectivity index (χ4v) is 4.38. The van der Waals surface area contributed by atoms with Gasteiger partial charge in [0, 0.05) is 5.69 Å². The summed E-state index contributed by atoms with van der Waals surface area (Å²) in [4.78, 5) is 0. The maximum Gasteiger partial charge on any atom is 0.565 e. The third-order valence-corrected chi connectivity index (χ3v) is 5.96. The molecule has 6 nitrogen and oxygen atoms in total. The van der Waals surface area contributed by atoms with Crippen LogP contribution in [0.3, 0.4) is 0 Å². The summed E-state index contributed by atoms with van der Waals surface area (Å²) in [5, 5.41) is 3.27. The maximum absolute atomic E-state index is 13.9. The minimum Gasteiger partial charge on any atom is -0.461 e. The van der Waals surface area contributed by atoms with E-state index in [0.717, 1.165) is 16.8 Å². The highest BCUT2D eigenvalue weighted by molar-refractivity contribution is 7.53. The quantitative estimate of drug-likeness (QED) is 0.188. The van der Waals surface area contributed by atoms with Crippen molar-refractivity contribution in [2.24, 2.45) is 4.76 Å². The average Bonchev–Trinajstić information content (AvgIpc) is 3.32. The van der Waals surface area contributed by atoms with Crippen LogP contribution < -0.4 is 14.4 Å². The minimum atomic E-state index is -4.06. The highest BCUT2D eigenvalue weighted by Gasteiger charge is 2.30. The molecule has 4 rings (SSSR count). The lowest BCUT2D eigenvalue weighted by atomic mass is 10.1. The van der Waals surface area contributed by atoms with Crippen molar-refractivity contribution in [2.45, 2.75) is 13.8 Å². The van der Waals surface area contributed by atoms with Gasteiger partial charge >= 0.3 is 7.75 Å². The number of para-hydroxylation sites is 3. The Morgan fingerprint density at radius 1 is 0.781 bits per heavy atom. The predicted octanol–water partition coefficient (Wildman–Crippen LogP) is 7.02. The standard InChI is InChI=1S/C25H23N2O4P/c1-19-11-9-12-20(2)24(19)26-25(23-17-10-18-29-23)27-32(28,30-21-13-5-3-6-14-21)31-22-15-7-4-8-16-22/h3-18H,1-2H3,(H,26,27,28). The number of rotatable bonds is 7. The number of hydrogen-bond donors (Lipinski definition) is 1. The van der Waals surface area contributed by atoms with Crippen molar-refractivity contribution in [1.82, 2.24) is 0 Å². The van der Waals surface area contributed by atoms with Gasteiger partial charge in [-0.2, -0.15) is 0 Å². The van der Waals surface area contributed by atoms with Gasteiger partial charge in [0.15, 0.2) is 11.6 Å². The third kappa shape index (κ3) is 5.29. The second kappa shape index (κ2) is 9.58. The molecule has 0 saturated carbocycles. The van der Waals surface area contributed by atoms with Crippen LogP contribution in [-0.4, -0.2) is 5.84 Å². The van der Waals surface area contributed by atoms with E-state index in [9.17, 15) is 4.57 Å². The highest BCUT2D eigenvalue weighted by Crippen LogP contribution is 2.50. The van der Waals surface area contributed by atoms with E-state index < -0.39 is 7.75 Å². The van der Waals surface area contributed by atoms with Crippen LogP contribution >= 0.6 is 7.75 Å². The Morgan fingerprint density at radius 2 is 1.34 bits per heavy atom. The molecule has 4 aromatic rings. The maximum atomic E-state index is 13.9. The molecular formula is C25H23N2O4P. The molecule has 162 valence electrons. The number of amidine groups is 1. The molecule has 0 fully saturated rings. The van der Waals surface area contributed by atoms with Gasteiger partial charge in [0.1, 0.15) is 11.5 Å². The Hall–Kier alpha value is -3.76. The third-order valence-electron chi connectivity index (χ3n) is 4.63. The van der Waals surface area contributed by atoms with Gasteiger partial charge in [-0.05, 0) is 61.4 Å². The van der Waals surface area contributed by atoms with Crippen molar-refractivity contribution in [3.05, 3.63) is 114 Å². The molecule has 0 radical (unpaired) electrons. The van der Waals surface area contributed by atoms with Gasteiger partial charge in [0.2, 0.25) is 0 Å². The van der Waals surface area contributed by atoms with Crippen LogP contribution in [0.2, 0.25) is 0 Å². The molecule has 0 spiro atoms. The zero-order valence-electron chi connectivity index (χ0n) is 17.8. The Kier molecular flexibility index (Phi) is 6.43. The van der Waals surface area contributed by atoms with Gasteiger partial charge in [-0.1, -0.05) is 54.6 Å². The molecular weight excluding hydrogens is 423 g/mol. The summed E-state index contributed by atoms with van der Waals surface area (Å²) in [6.45, 7) is 3.96. The molecule has 0 aliphatic heterocycles. The summed E-state index contributed by atoms with van der Waals surface area (Å²) in [5.74, 6) is 1.39. The van der Waals surface area contributed by atoms with Gasteiger partial charge in [-0.3, -0.25) is 0 Å².